The first-order chi connectivity index (χ1) is 11.8. The number of thiazole rings is 1. The minimum Gasteiger partial charge on any atom is -0.379 e. The van der Waals surface area contributed by atoms with Gasteiger partial charge >= 0.3 is 0 Å². The molecule has 2 aromatic rings. The fourth-order valence-corrected chi connectivity index (χ4v) is 3.41. The number of para-hydroxylation sites is 1. The smallest absolute Gasteiger partial charge is 0.275 e. The lowest BCUT2D eigenvalue weighted by Crippen LogP contribution is -2.35. The lowest BCUT2D eigenvalue weighted by atomic mass is 10.1. The van der Waals surface area contributed by atoms with Gasteiger partial charge in [0, 0.05) is 37.1 Å². The molecule has 0 bridgehead atoms. The van der Waals surface area contributed by atoms with E-state index in [1.54, 1.807) is 5.38 Å². The summed E-state index contributed by atoms with van der Waals surface area (Å²) < 4.78 is 5.38. The summed E-state index contributed by atoms with van der Waals surface area (Å²) in [6.07, 6.45) is 0.700. The number of carbonyl (C=O) groups excluding carboxylic acids is 1. The van der Waals surface area contributed by atoms with Crippen molar-refractivity contribution in [1.82, 2.24) is 9.88 Å². The maximum atomic E-state index is 12.4. The predicted molar refractivity (Wildman–Crippen MR) is 95.4 cm³/mol. The standard InChI is InChI=1S/C17H22N4O2S/c18-6-5-16-19-15(12-24-16)17(22)20-14-4-2-1-3-13(14)11-21-7-9-23-10-8-21/h1-4,12H,5-11,18H2,(H,20,22). The van der Waals surface area contributed by atoms with Gasteiger partial charge in [-0.1, -0.05) is 18.2 Å². The Kier molecular flexibility index (Phi) is 5.92. The largest absolute Gasteiger partial charge is 0.379 e. The van der Waals surface area contributed by atoms with Crippen molar-refractivity contribution >= 4 is 22.9 Å². The third kappa shape index (κ3) is 4.39. The summed E-state index contributed by atoms with van der Waals surface area (Å²) in [7, 11) is 0. The number of anilines is 1. The summed E-state index contributed by atoms with van der Waals surface area (Å²) in [5.41, 5.74) is 7.92. The Hall–Kier alpha value is -1.80. The highest BCUT2D eigenvalue weighted by molar-refractivity contribution is 7.09. The topological polar surface area (TPSA) is 80.5 Å². The number of rotatable bonds is 6. The predicted octanol–water partition coefficient (Wildman–Crippen LogP) is 1.73. The van der Waals surface area contributed by atoms with Gasteiger partial charge in [0.05, 0.1) is 18.2 Å². The van der Waals surface area contributed by atoms with Gasteiger partial charge in [0.15, 0.2) is 0 Å². The SMILES string of the molecule is NCCc1nc(C(=O)Nc2ccccc2CN2CCOCC2)cs1. The average molecular weight is 346 g/mol. The fraction of sp³-hybridized carbons (Fsp3) is 0.412. The first-order valence-corrected chi connectivity index (χ1v) is 8.98. The van der Waals surface area contributed by atoms with Crippen LogP contribution >= 0.6 is 11.3 Å². The van der Waals surface area contributed by atoms with Gasteiger partial charge in [0.2, 0.25) is 0 Å². The quantitative estimate of drug-likeness (QED) is 0.833. The van der Waals surface area contributed by atoms with E-state index < -0.39 is 0 Å². The van der Waals surface area contributed by atoms with E-state index in [2.05, 4.69) is 15.2 Å². The molecule has 1 saturated heterocycles. The van der Waals surface area contributed by atoms with Crippen LogP contribution < -0.4 is 11.1 Å². The van der Waals surface area contributed by atoms with E-state index in [1.807, 2.05) is 24.3 Å². The van der Waals surface area contributed by atoms with E-state index in [9.17, 15) is 4.79 Å². The molecular formula is C17H22N4O2S. The van der Waals surface area contributed by atoms with Gasteiger partial charge in [-0.25, -0.2) is 4.98 Å². The molecule has 0 saturated carbocycles. The lowest BCUT2D eigenvalue weighted by Gasteiger charge is -2.27. The van der Waals surface area contributed by atoms with Crippen molar-refractivity contribution < 1.29 is 9.53 Å². The maximum Gasteiger partial charge on any atom is 0.275 e. The molecule has 0 radical (unpaired) electrons. The molecule has 1 aromatic carbocycles. The molecule has 6 nitrogen and oxygen atoms in total. The molecule has 3 rings (SSSR count). The number of nitrogens with one attached hydrogen (secondary N) is 1. The number of amides is 1. The van der Waals surface area contributed by atoms with Gasteiger partial charge in [-0.15, -0.1) is 11.3 Å². The number of nitrogens with two attached hydrogens (primary N) is 1. The average Bonchev–Trinajstić information content (AvgIpc) is 3.07. The molecule has 0 aliphatic carbocycles. The van der Waals surface area contributed by atoms with Crippen molar-refractivity contribution in [2.75, 3.05) is 38.2 Å². The number of nitrogens with zero attached hydrogens (tertiary/aromatic N) is 2. The van der Waals surface area contributed by atoms with Crippen LogP contribution in [0.3, 0.4) is 0 Å². The van der Waals surface area contributed by atoms with Crippen molar-refractivity contribution in [2.24, 2.45) is 5.73 Å². The Bertz CT molecular complexity index is 683. The molecule has 128 valence electrons. The van der Waals surface area contributed by atoms with Crippen LogP contribution in [0.15, 0.2) is 29.6 Å². The second-order valence-electron chi connectivity index (χ2n) is 5.66. The summed E-state index contributed by atoms with van der Waals surface area (Å²) >= 11 is 1.47. The Morgan fingerprint density at radius 2 is 2.12 bits per heavy atom. The van der Waals surface area contributed by atoms with Crippen LogP contribution in [0.2, 0.25) is 0 Å². The van der Waals surface area contributed by atoms with E-state index in [0.717, 1.165) is 49.1 Å². The van der Waals surface area contributed by atoms with Gasteiger partial charge in [-0.05, 0) is 18.2 Å². The molecular weight excluding hydrogens is 324 g/mol. The lowest BCUT2D eigenvalue weighted by molar-refractivity contribution is 0.0342. The minimum atomic E-state index is -0.177. The maximum absolute atomic E-state index is 12.4. The Morgan fingerprint density at radius 1 is 1.33 bits per heavy atom. The normalized spacial score (nSPS) is 15.4. The first-order valence-electron chi connectivity index (χ1n) is 8.10. The molecule has 24 heavy (non-hydrogen) atoms. The number of ether oxygens (including phenoxy) is 1. The third-order valence-electron chi connectivity index (χ3n) is 3.91. The van der Waals surface area contributed by atoms with Crippen LogP contribution in [0, 0.1) is 0 Å². The van der Waals surface area contributed by atoms with Crippen molar-refractivity contribution in [1.29, 1.82) is 0 Å². The molecule has 1 fully saturated rings. The van der Waals surface area contributed by atoms with Crippen LogP contribution in [0.5, 0.6) is 0 Å². The van der Waals surface area contributed by atoms with Crippen molar-refractivity contribution in [3.63, 3.8) is 0 Å². The Labute approximate surface area is 145 Å². The molecule has 1 aromatic heterocycles. The van der Waals surface area contributed by atoms with Crippen LogP contribution in [0.25, 0.3) is 0 Å². The second kappa shape index (κ2) is 8.34. The highest BCUT2D eigenvalue weighted by atomic mass is 32.1. The van der Waals surface area contributed by atoms with E-state index in [4.69, 9.17) is 10.5 Å². The highest BCUT2D eigenvalue weighted by Crippen LogP contribution is 2.19. The summed E-state index contributed by atoms with van der Waals surface area (Å²) in [6, 6.07) is 7.90. The highest BCUT2D eigenvalue weighted by Gasteiger charge is 2.15. The van der Waals surface area contributed by atoms with E-state index in [1.165, 1.54) is 11.3 Å². The van der Waals surface area contributed by atoms with Gasteiger partial charge in [0.25, 0.3) is 5.91 Å². The second-order valence-corrected chi connectivity index (χ2v) is 6.61. The summed E-state index contributed by atoms with van der Waals surface area (Å²) in [5.74, 6) is -0.177. The van der Waals surface area contributed by atoms with Gasteiger partial charge in [-0.2, -0.15) is 0 Å². The zero-order valence-electron chi connectivity index (χ0n) is 13.5. The van der Waals surface area contributed by atoms with Crippen LogP contribution in [-0.4, -0.2) is 48.6 Å². The zero-order chi connectivity index (χ0) is 16.8. The molecule has 1 aliphatic rings. The molecule has 2 heterocycles. The monoisotopic (exact) mass is 346 g/mol. The molecule has 1 amide bonds. The molecule has 7 heteroatoms. The van der Waals surface area contributed by atoms with E-state index in [-0.39, 0.29) is 5.91 Å². The fourth-order valence-electron chi connectivity index (χ4n) is 2.62. The number of aromatic nitrogens is 1. The molecule has 3 N–H and O–H groups in total. The van der Waals surface area contributed by atoms with Crippen LogP contribution in [0.1, 0.15) is 21.1 Å². The number of hydrogen-bond donors (Lipinski definition) is 2. The molecule has 0 spiro atoms. The van der Waals surface area contributed by atoms with Gasteiger partial charge in [-0.3, -0.25) is 9.69 Å². The van der Waals surface area contributed by atoms with Crippen LogP contribution in [0.4, 0.5) is 5.69 Å². The Balaban J connectivity index is 1.68. The Morgan fingerprint density at radius 3 is 2.92 bits per heavy atom. The van der Waals surface area contributed by atoms with E-state index >= 15 is 0 Å². The number of morpholine rings is 1. The summed E-state index contributed by atoms with van der Waals surface area (Å²) in [6.45, 7) is 4.69. The zero-order valence-corrected chi connectivity index (χ0v) is 14.3. The summed E-state index contributed by atoms with van der Waals surface area (Å²) in [5, 5.41) is 5.66. The van der Waals surface area contributed by atoms with Gasteiger partial charge in [0.1, 0.15) is 5.69 Å². The van der Waals surface area contributed by atoms with Crippen molar-refractivity contribution in [3.05, 3.63) is 45.9 Å². The first kappa shape index (κ1) is 17.0. The van der Waals surface area contributed by atoms with Gasteiger partial charge < -0.3 is 15.8 Å². The molecule has 0 atom stereocenters. The number of hydrogen-bond acceptors (Lipinski definition) is 6. The molecule has 0 unspecified atom stereocenters. The summed E-state index contributed by atoms with van der Waals surface area (Å²) in [4.78, 5) is 19.1. The number of carbonyl (C=O) groups is 1. The van der Waals surface area contributed by atoms with Crippen LogP contribution in [-0.2, 0) is 17.7 Å². The van der Waals surface area contributed by atoms with Crippen molar-refractivity contribution in [2.45, 2.75) is 13.0 Å². The number of benzene rings is 1. The molecule has 1 aliphatic heterocycles. The minimum absolute atomic E-state index is 0.177. The third-order valence-corrected chi connectivity index (χ3v) is 4.81. The van der Waals surface area contributed by atoms with Crippen molar-refractivity contribution in [3.8, 4) is 0 Å². The van der Waals surface area contributed by atoms with E-state index in [0.29, 0.717) is 18.7 Å².